The zero-order valence-electron chi connectivity index (χ0n) is 12.4. The monoisotopic (exact) mass is 255 g/mol. The van der Waals surface area contributed by atoms with E-state index in [4.69, 9.17) is 4.74 Å². The first-order valence-corrected chi connectivity index (χ1v) is 6.97. The molecule has 19 heavy (non-hydrogen) atoms. The summed E-state index contributed by atoms with van der Waals surface area (Å²) in [7, 11) is 0. The molecule has 0 aliphatic carbocycles. The Morgan fingerprint density at radius 3 is 2.68 bits per heavy atom. The van der Waals surface area contributed by atoms with E-state index >= 15 is 0 Å². The molecular formula is C17H21NO. The Labute approximate surface area is 114 Å². The van der Waals surface area contributed by atoms with Crippen molar-refractivity contribution in [1.29, 1.82) is 0 Å². The maximum absolute atomic E-state index is 6.16. The Bertz CT molecular complexity index is 658. The average Bonchev–Trinajstić information content (AvgIpc) is 2.26. The van der Waals surface area contributed by atoms with Crippen molar-refractivity contribution in [1.82, 2.24) is 4.98 Å². The quantitative estimate of drug-likeness (QED) is 0.690. The fraction of sp³-hybridized carbons (Fsp3) is 0.471. The first-order valence-electron chi connectivity index (χ1n) is 6.97. The summed E-state index contributed by atoms with van der Waals surface area (Å²) in [4.78, 5) is 4.66. The molecule has 2 nitrogen and oxygen atoms in total. The number of aromatic nitrogens is 1. The fourth-order valence-corrected chi connectivity index (χ4v) is 3.27. The van der Waals surface area contributed by atoms with Gasteiger partial charge in [0, 0.05) is 11.1 Å². The number of fused-ring (bicyclic) bond motifs is 2. The summed E-state index contributed by atoms with van der Waals surface area (Å²) >= 11 is 0. The minimum Gasteiger partial charge on any atom is -0.488 e. The van der Waals surface area contributed by atoms with Crippen LogP contribution in [0.2, 0.25) is 0 Å². The molecule has 0 saturated carbocycles. The van der Waals surface area contributed by atoms with Crippen LogP contribution in [0.1, 0.15) is 49.9 Å². The molecule has 0 spiro atoms. The van der Waals surface area contributed by atoms with E-state index < -0.39 is 0 Å². The van der Waals surface area contributed by atoms with Crippen molar-refractivity contribution >= 4 is 10.9 Å². The summed E-state index contributed by atoms with van der Waals surface area (Å²) in [6.45, 7) is 10.8. The first-order chi connectivity index (χ1) is 8.85. The summed E-state index contributed by atoms with van der Waals surface area (Å²) in [5, 5.41) is 1.20. The topological polar surface area (TPSA) is 22.1 Å². The number of nitrogens with zero attached hydrogens (tertiary/aromatic N) is 1. The minimum absolute atomic E-state index is 0.0773. The Morgan fingerprint density at radius 1 is 1.21 bits per heavy atom. The number of rotatable bonds is 0. The molecule has 1 aromatic heterocycles. The third kappa shape index (κ3) is 2.09. The molecule has 3 rings (SSSR count). The Hall–Kier alpha value is -1.57. The van der Waals surface area contributed by atoms with E-state index in [1.54, 1.807) is 0 Å². The molecule has 1 unspecified atom stereocenters. The second-order valence-corrected chi connectivity index (χ2v) is 6.45. The maximum atomic E-state index is 6.16. The zero-order chi connectivity index (χ0) is 13.8. The second-order valence-electron chi connectivity index (χ2n) is 6.45. The van der Waals surface area contributed by atoms with Crippen LogP contribution >= 0.6 is 0 Å². The lowest BCUT2D eigenvalue weighted by molar-refractivity contribution is 0.0749. The van der Waals surface area contributed by atoms with E-state index in [2.05, 4.69) is 57.8 Å². The highest BCUT2D eigenvalue weighted by atomic mass is 16.5. The van der Waals surface area contributed by atoms with E-state index in [-0.39, 0.29) is 5.60 Å². The standard InChI is InChI=1S/C17H21NO/c1-10-6-12(3)18-15-7-14-11(2)9-17(4,5)19-16(14)8-13(10)15/h6-8,11H,9H2,1-5H3. The molecule has 0 radical (unpaired) electrons. The van der Waals surface area contributed by atoms with E-state index in [0.717, 1.165) is 23.4 Å². The van der Waals surface area contributed by atoms with E-state index in [0.29, 0.717) is 5.92 Å². The summed E-state index contributed by atoms with van der Waals surface area (Å²) in [6, 6.07) is 6.51. The van der Waals surface area contributed by atoms with Crippen LogP contribution in [-0.2, 0) is 0 Å². The Morgan fingerprint density at radius 2 is 1.95 bits per heavy atom. The van der Waals surface area contributed by atoms with Crippen LogP contribution in [0.4, 0.5) is 0 Å². The SMILES string of the molecule is Cc1cc(C)c2cc3c(cc2n1)C(C)CC(C)(C)O3. The van der Waals surface area contributed by atoms with Gasteiger partial charge < -0.3 is 4.74 Å². The molecule has 2 aromatic rings. The van der Waals surface area contributed by atoms with Crippen LogP contribution < -0.4 is 4.74 Å². The number of hydrogen-bond donors (Lipinski definition) is 0. The molecular weight excluding hydrogens is 234 g/mol. The van der Waals surface area contributed by atoms with Crippen molar-refractivity contribution in [3.05, 3.63) is 35.0 Å². The van der Waals surface area contributed by atoms with Gasteiger partial charge in [-0.15, -0.1) is 0 Å². The molecule has 0 saturated heterocycles. The van der Waals surface area contributed by atoms with Gasteiger partial charge in [0.05, 0.1) is 5.52 Å². The van der Waals surface area contributed by atoms with Crippen LogP contribution in [0.3, 0.4) is 0 Å². The largest absolute Gasteiger partial charge is 0.488 e. The highest BCUT2D eigenvalue weighted by Crippen LogP contribution is 2.42. The molecule has 1 atom stereocenters. The second kappa shape index (κ2) is 3.96. The van der Waals surface area contributed by atoms with Gasteiger partial charge in [0.1, 0.15) is 11.4 Å². The number of ether oxygens (including phenoxy) is 1. The smallest absolute Gasteiger partial charge is 0.124 e. The Balaban J connectivity index is 2.26. The van der Waals surface area contributed by atoms with Crippen LogP contribution in [0.5, 0.6) is 5.75 Å². The van der Waals surface area contributed by atoms with Crippen molar-refractivity contribution in [2.75, 3.05) is 0 Å². The molecule has 100 valence electrons. The molecule has 0 amide bonds. The van der Waals surface area contributed by atoms with E-state index in [9.17, 15) is 0 Å². The van der Waals surface area contributed by atoms with Crippen LogP contribution in [-0.4, -0.2) is 10.6 Å². The third-order valence-electron chi connectivity index (χ3n) is 3.99. The predicted molar refractivity (Wildman–Crippen MR) is 79.0 cm³/mol. The van der Waals surface area contributed by atoms with Gasteiger partial charge in [0.2, 0.25) is 0 Å². The average molecular weight is 255 g/mol. The van der Waals surface area contributed by atoms with Crippen molar-refractivity contribution in [2.24, 2.45) is 0 Å². The number of pyridine rings is 1. The maximum Gasteiger partial charge on any atom is 0.124 e. The lowest BCUT2D eigenvalue weighted by Crippen LogP contribution is -2.34. The van der Waals surface area contributed by atoms with Gasteiger partial charge >= 0.3 is 0 Å². The van der Waals surface area contributed by atoms with Crippen LogP contribution in [0.15, 0.2) is 18.2 Å². The minimum atomic E-state index is -0.0773. The predicted octanol–water partition coefficient (Wildman–Crippen LogP) is 4.52. The summed E-state index contributed by atoms with van der Waals surface area (Å²) in [6.07, 6.45) is 1.05. The highest BCUT2D eigenvalue weighted by Gasteiger charge is 2.31. The summed E-state index contributed by atoms with van der Waals surface area (Å²) in [5.41, 5.74) is 4.65. The molecule has 1 aromatic carbocycles. The number of hydrogen-bond acceptors (Lipinski definition) is 2. The van der Waals surface area contributed by atoms with Crippen molar-refractivity contribution in [2.45, 2.75) is 52.6 Å². The molecule has 0 fully saturated rings. The number of aryl methyl sites for hydroxylation is 2. The number of benzene rings is 1. The van der Waals surface area contributed by atoms with Crippen molar-refractivity contribution < 1.29 is 4.74 Å². The molecule has 1 aliphatic rings. The Kier molecular flexibility index (Phi) is 2.60. The molecule has 1 aliphatic heterocycles. The zero-order valence-corrected chi connectivity index (χ0v) is 12.4. The van der Waals surface area contributed by atoms with Gasteiger partial charge in [0.25, 0.3) is 0 Å². The van der Waals surface area contributed by atoms with Gasteiger partial charge in [0.15, 0.2) is 0 Å². The highest BCUT2D eigenvalue weighted by molar-refractivity contribution is 5.85. The summed E-state index contributed by atoms with van der Waals surface area (Å²) < 4.78 is 6.16. The van der Waals surface area contributed by atoms with E-state index in [1.807, 2.05) is 0 Å². The van der Waals surface area contributed by atoms with Gasteiger partial charge in [-0.25, -0.2) is 0 Å². The van der Waals surface area contributed by atoms with Gasteiger partial charge in [-0.3, -0.25) is 4.98 Å². The molecule has 0 N–H and O–H groups in total. The van der Waals surface area contributed by atoms with Gasteiger partial charge in [-0.2, -0.15) is 0 Å². The third-order valence-corrected chi connectivity index (χ3v) is 3.99. The van der Waals surface area contributed by atoms with Crippen LogP contribution in [0.25, 0.3) is 10.9 Å². The van der Waals surface area contributed by atoms with Gasteiger partial charge in [-0.1, -0.05) is 6.92 Å². The van der Waals surface area contributed by atoms with Crippen molar-refractivity contribution in [3.8, 4) is 5.75 Å². The van der Waals surface area contributed by atoms with E-state index in [1.165, 1.54) is 16.5 Å². The molecule has 2 heterocycles. The molecule has 0 bridgehead atoms. The lowest BCUT2D eigenvalue weighted by atomic mass is 9.85. The first kappa shape index (κ1) is 12.5. The van der Waals surface area contributed by atoms with Gasteiger partial charge in [-0.05, 0) is 69.4 Å². The normalized spacial score (nSPS) is 21.0. The lowest BCUT2D eigenvalue weighted by Gasteiger charge is -2.36. The molecule has 2 heteroatoms. The van der Waals surface area contributed by atoms with Crippen molar-refractivity contribution in [3.63, 3.8) is 0 Å². The van der Waals surface area contributed by atoms with Crippen LogP contribution in [0, 0.1) is 13.8 Å². The summed E-state index contributed by atoms with van der Waals surface area (Å²) in [5.74, 6) is 1.55. The fourth-order valence-electron chi connectivity index (χ4n) is 3.27.